The van der Waals surface area contributed by atoms with Gasteiger partial charge < -0.3 is 20.5 Å². The van der Waals surface area contributed by atoms with Crippen molar-refractivity contribution in [3.05, 3.63) is 0 Å². The summed E-state index contributed by atoms with van der Waals surface area (Å²) in [5.41, 5.74) is -1.10. The number of carboxylic acid groups (broad SMARTS) is 1. The molecule has 0 aromatic rings. The second-order valence-electron chi connectivity index (χ2n) is 5.92. The van der Waals surface area contributed by atoms with Gasteiger partial charge in [-0.05, 0) is 44.4 Å². The van der Waals surface area contributed by atoms with Gasteiger partial charge in [0.2, 0.25) is 0 Å². The third-order valence-electron chi connectivity index (χ3n) is 3.99. The van der Waals surface area contributed by atoms with Gasteiger partial charge in [0.25, 0.3) is 0 Å². The van der Waals surface area contributed by atoms with Gasteiger partial charge in [-0.1, -0.05) is 13.8 Å². The van der Waals surface area contributed by atoms with Crippen molar-refractivity contribution >= 4 is 12.0 Å². The Morgan fingerprint density at radius 1 is 1.29 bits per heavy atom. The van der Waals surface area contributed by atoms with Gasteiger partial charge in [0, 0.05) is 19.8 Å². The molecule has 0 spiro atoms. The molecule has 0 radical (unpaired) electrons. The van der Waals surface area contributed by atoms with Crippen LogP contribution in [0.5, 0.6) is 0 Å². The molecule has 0 bridgehead atoms. The van der Waals surface area contributed by atoms with Gasteiger partial charge in [0.15, 0.2) is 0 Å². The molecule has 6 heteroatoms. The molecule has 0 aromatic carbocycles. The highest BCUT2D eigenvalue weighted by atomic mass is 16.5. The molecule has 6 nitrogen and oxygen atoms in total. The van der Waals surface area contributed by atoms with Crippen molar-refractivity contribution in [2.24, 2.45) is 5.92 Å². The molecule has 0 saturated heterocycles. The lowest BCUT2D eigenvalue weighted by molar-refractivity contribution is -0.146. The summed E-state index contributed by atoms with van der Waals surface area (Å²) in [4.78, 5) is 23.4. The Morgan fingerprint density at radius 3 is 2.52 bits per heavy atom. The van der Waals surface area contributed by atoms with Crippen molar-refractivity contribution in [1.29, 1.82) is 0 Å². The van der Waals surface area contributed by atoms with Crippen molar-refractivity contribution < 1.29 is 19.4 Å². The number of nitrogens with one attached hydrogen (secondary N) is 2. The highest BCUT2D eigenvalue weighted by molar-refractivity contribution is 5.86. The van der Waals surface area contributed by atoms with E-state index in [9.17, 15) is 14.7 Å². The SMILES string of the molecule is CCCOCCCNC(=O)NC1(C(=O)O)CCC(C)CC1. The van der Waals surface area contributed by atoms with E-state index in [2.05, 4.69) is 17.6 Å². The maximum Gasteiger partial charge on any atom is 0.329 e. The van der Waals surface area contributed by atoms with Crippen LogP contribution in [0.4, 0.5) is 4.79 Å². The Bertz CT molecular complexity index is 339. The van der Waals surface area contributed by atoms with Crippen LogP contribution >= 0.6 is 0 Å². The van der Waals surface area contributed by atoms with E-state index < -0.39 is 17.5 Å². The predicted octanol–water partition coefficient (Wildman–Crippen LogP) is 2.14. The Labute approximate surface area is 126 Å². The number of aliphatic carboxylic acids is 1. The smallest absolute Gasteiger partial charge is 0.329 e. The summed E-state index contributed by atoms with van der Waals surface area (Å²) < 4.78 is 5.32. The summed E-state index contributed by atoms with van der Waals surface area (Å²) >= 11 is 0. The fourth-order valence-electron chi connectivity index (χ4n) is 2.53. The van der Waals surface area contributed by atoms with E-state index in [0.29, 0.717) is 31.9 Å². The standard InChI is InChI=1S/C15H28N2O4/c1-3-10-21-11-4-9-16-14(20)17-15(13(18)19)7-5-12(2)6-8-15/h12H,3-11H2,1-2H3,(H,18,19)(H2,16,17,20). The second-order valence-corrected chi connectivity index (χ2v) is 5.92. The molecule has 122 valence electrons. The van der Waals surface area contributed by atoms with E-state index >= 15 is 0 Å². The fourth-order valence-corrected chi connectivity index (χ4v) is 2.53. The molecule has 0 atom stereocenters. The molecule has 3 N–H and O–H groups in total. The number of carboxylic acids is 1. The van der Waals surface area contributed by atoms with E-state index in [1.807, 2.05) is 6.92 Å². The van der Waals surface area contributed by atoms with Crippen molar-refractivity contribution in [2.75, 3.05) is 19.8 Å². The van der Waals surface area contributed by atoms with Crippen LogP contribution in [0.25, 0.3) is 0 Å². The second kappa shape index (κ2) is 8.87. The van der Waals surface area contributed by atoms with Crippen molar-refractivity contribution in [3.63, 3.8) is 0 Å². The van der Waals surface area contributed by atoms with Gasteiger partial charge in [0.1, 0.15) is 5.54 Å². The van der Waals surface area contributed by atoms with Crippen LogP contribution in [-0.2, 0) is 9.53 Å². The maximum absolute atomic E-state index is 11.9. The Kier molecular flexibility index (Phi) is 7.50. The zero-order valence-electron chi connectivity index (χ0n) is 13.1. The molecule has 21 heavy (non-hydrogen) atoms. The van der Waals surface area contributed by atoms with Crippen molar-refractivity contribution in [3.8, 4) is 0 Å². The minimum atomic E-state index is -1.10. The van der Waals surface area contributed by atoms with E-state index in [1.165, 1.54) is 0 Å². The van der Waals surface area contributed by atoms with Crippen LogP contribution < -0.4 is 10.6 Å². The molecule has 0 heterocycles. The Hall–Kier alpha value is -1.30. The maximum atomic E-state index is 11.9. The first-order valence-electron chi connectivity index (χ1n) is 7.87. The lowest BCUT2D eigenvalue weighted by Gasteiger charge is -2.36. The molecule has 2 amide bonds. The molecule has 0 aromatic heterocycles. The summed E-state index contributed by atoms with van der Waals surface area (Å²) in [6.07, 6.45) is 4.36. The first-order chi connectivity index (χ1) is 10.00. The van der Waals surface area contributed by atoms with Crippen LogP contribution in [0.1, 0.15) is 52.4 Å². The fraction of sp³-hybridized carbons (Fsp3) is 0.867. The lowest BCUT2D eigenvalue weighted by Crippen LogP contribution is -2.58. The van der Waals surface area contributed by atoms with Crippen molar-refractivity contribution in [1.82, 2.24) is 10.6 Å². The molecule has 0 unspecified atom stereocenters. The van der Waals surface area contributed by atoms with E-state index in [0.717, 1.165) is 32.3 Å². The Balaban J connectivity index is 2.31. The quantitative estimate of drug-likeness (QED) is 0.599. The lowest BCUT2D eigenvalue weighted by atomic mass is 9.77. The highest BCUT2D eigenvalue weighted by Gasteiger charge is 2.42. The molecule has 1 aliphatic carbocycles. The number of rotatable bonds is 8. The molecular weight excluding hydrogens is 272 g/mol. The number of amides is 2. The average Bonchev–Trinajstić information content (AvgIpc) is 2.45. The van der Waals surface area contributed by atoms with Crippen LogP contribution in [-0.4, -0.2) is 42.4 Å². The van der Waals surface area contributed by atoms with E-state index in [4.69, 9.17) is 4.74 Å². The minimum absolute atomic E-state index is 0.401. The van der Waals surface area contributed by atoms with Gasteiger partial charge in [-0.15, -0.1) is 0 Å². The van der Waals surface area contributed by atoms with Gasteiger partial charge in [-0.3, -0.25) is 0 Å². The summed E-state index contributed by atoms with van der Waals surface area (Å²) in [5.74, 6) is -0.408. The first-order valence-corrected chi connectivity index (χ1v) is 7.87. The van der Waals surface area contributed by atoms with E-state index in [1.54, 1.807) is 0 Å². The first kappa shape index (κ1) is 17.8. The third kappa shape index (κ3) is 5.91. The molecule has 0 aliphatic heterocycles. The van der Waals surface area contributed by atoms with Crippen LogP contribution in [0.3, 0.4) is 0 Å². The number of urea groups is 1. The topological polar surface area (TPSA) is 87.7 Å². The molecule has 1 fully saturated rings. The third-order valence-corrected chi connectivity index (χ3v) is 3.99. The monoisotopic (exact) mass is 300 g/mol. The van der Waals surface area contributed by atoms with Crippen LogP contribution in [0.15, 0.2) is 0 Å². The normalized spacial score (nSPS) is 25.3. The average molecular weight is 300 g/mol. The Morgan fingerprint density at radius 2 is 1.95 bits per heavy atom. The largest absolute Gasteiger partial charge is 0.480 e. The zero-order chi connectivity index (χ0) is 15.7. The predicted molar refractivity (Wildman–Crippen MR) is 80.3 cm³/mol. The van der Waals surface area contributed by atoms with Crippen molar-refractivity contribution in [2.45, 2.75) is 57.9 Å². The number of hydrogen-bond acceptors (Lipinski definition) is 3. The highest BCUT2D eigenvalue weighted by Crippen LogP contribution is 2.32. The number of hydrogen-bond donors (Lipinski definition) is 3. The van der Waals surface area contributed by atoms with Gasteiger partial charge in [0.05, 0.1) is 0 Å². The summed E-state index contributed by atoms with van der Waals surface area (Å²) in [6, 6.07) is -0.401. The summed E-state index contributed by atoms with van der Waals surface area (Å²) in [7, 11) is 0. The number of carbonyl (C=O) groups is 2. The minimum Gasteiger partial charge on any atom is -0.480 e. The molecular formula is C15H28N2O4. The van der Waals surface area contributed by atoms with E-state index in [-0.39, 0.29) is 0 Å². The zero-order valence-corrected chi connectivity index (χ0v) is 13.1. The number of carbonyl (C=O) groups excluding carboxylic acids is 1. The molecule has 1 aliphatic rings. The van der Waals surface area contributed by atoms with Gasteiger partial charge >= 0.3 is 12.0 Å². The van der Waals surface area contributed by atoms with Crippen LogP contribution in [0, 0.1) is 5.92 Å². The number of ether oxygens (including phenoxy) is 1. The summed E-state index contributed by atoms with van der Waals surface area (Å²) in [6.45, 7) is 5.98. The van der Waals surface area contributed by atoms with Gasteiger partial charge in [-0.2, -0.15) is 0 Å². The van der Waals surface area contributed by atoms with Crippen LogP contribution in [0.2, 0.25) is 0 Å². The molecule has 1 saturated carbocycles. The van der Waals surface area contributed by atoms with Gasteiger partial charge in [-0.25, -0.2) is 9.59 Å². The molecule has 1 rings (SSSR count). The summed E-state index contributed by atoms with van der Waals surface area (Å²) in [5, 5.41) is 14.8.